The smallest absolute Gasteiger partial charge is 0.251 e. The summed E-state index contributed by atoms with van der Waals surface area (Å²) in [4.78, 5) is 29.3. The second-order valence-electron chi connectivity index (χ2n) is 7.78. The van der Waals surface area contributed by atoms with Crippen molar-refractivity contribution < 1.29 is 0 Å². The molecule has 0 saturated carbocycles. The summed E-state index contributed by atoms with van der Waals surface area (Å²) in [5.74, 6) is 1.28. The van der Waals surface area contributed by atoms with Crippen molar-refractivity contribution >= 4 is 17.2 Å². The second kappa shape index (κ2) is 6.79. The molecule has 0 aliphatic carbocycles. The van der Waals surface area contributed by atoms with Crippen molar-refractivity contribution in [2.75, 3.05) is 18.8 Å². The van der Waals surface area contributed by atoms with E-state index < -0.39 is 0 Å². The van der Waals surface area contributed by atoms with Crippen LogP contribution in [0.25, 0.3) is 11.3 Å². The molecule has 0 spiro atoms. The van der Waals surface area contributed by atoms with E-state index in [4.69, 9.17) is 5.73 Å². The Morgan fingerprint density at radius 3 is 2.86 bits per heavy atom. The van der Waals surface area contributed by atoms with Crippen LogP contribution in [0.2, 0.25) is 0 Å². The molecule has 0 radical (unpaired) electrons. The first kappa shape index (κ1) is 17.5. The zero-order valence-electron chi connectivity index (χ0n) is 15.7. The number of piperidine rings is 1. The lowest BCUT2D eigenvalue weighted by molar-refractivity contribution is 0.115. The van der Waals surface area contributed by atoms with Crippen LogP contribution in [0.5, 0.6) is 0 Å². The minimum Gasteiger partial charge on any atom is -0.384 e. The predicted molar refractivity (Wildman–Crippen MR) is 109 cm³/mol. The van der Waals surface area contributed by atoms with E-state index in [0.29, 0.717) is 23.3 Å². The van der Waals surface area contributed by atoms with Gasteiger partial charge in [0.25, 0.3) is 5.56 Å². The lowest BCUT2D eigenvalue weighted by Gasteiger charge is -2.42. The van der Waals surface area contributed by atoms with E-state index in [-0.39, 0.29) is 5.56 Å². The molecule has 1 saturated heterocycles. The second-order valence-corrected chi connectivity index (χ2v) is 9.10. The normalized spacial score (nSPS) is 21.5. The molecule has 5 rings (SSSR count). The average molecular weight is 395 g/mol. The van der Waals surface area contributed by atoms with Crippen LogP contribution in [0, 0.1) is 12.8 Å². The molecular formula is C20H22N6OS. The first-order valence-electron chi connectivity index (χ1n) is 9.51. The number of nitrogen functional groups attached to an aromatic ring is 1. The average Bonchev–Trinajstić information content (AvgIpc) is 3.07. The number of hydrogen-bond acceptors (Lipinski definition) is 7. The fourth-order valence-electron chi connectivity index (χ4n) is 4.56. The van der Waals surface area contributed by atoms with E-state index in [1.807, 2.05) is 17.7 Å². The predicted octanol–water partition coefficient (Wildman–Crippen LogP) is 2.27. The summed E-state index contributed by atoms with van der Waals surface area (Å²) >= 11 is 1.76. The zero-order valence-corrected chi connectivity index (χ0v) is 16.5. The Balaban J connectivity index is 1.47. The number of likely N-dealkylation sites (tertiary alicyclic amines) is 1. The van der Waals surface area contributed by atoms with Gasteiger partial charge in [-0.05, 0) is 25.3 Å². The molecule has 2 aliphatic rings. The van der Waals surface area contributed by atoms with Crippen molar-refractivity contribution in [1.82, 2.24) is 24.4 Å². The van der Waals surface area contributed by atoms with Crippen molar-refractivity contribution in [2.24, 2.45) is 5.92 Å². The minimum absolute atomic E-state index is 0.0471. The summed E-state index contributed by atoms with van der Waals surface area (Å²) in [5, 5.41) is 1.11. The summed E-state index contributed by atoms with van der Waals surface area (Å²) in [7, 11) is 0. The van der Waals surface area contributed by atoms with E-state index in [0.717, 1.165) is 48.9 Å². The van der Waals surface area contributed by atoms with E-state index in [2.05, 4.69) is 25.9 Å². The fraction of sp³-hybridized carbons (Fsp3) is 0.400. The molecule has 8 heteroatoms. The maximum Gasteiger partial charge on any atom is 0.251 e. The molecule has 3 aromatic rings. The number of thiazole rings is 1. The first-order valence-corrected chi connectivity index (χ1v) is 10.3. The number of aromatic nitrogens is 4. The number of anilines is 1. The fourth-order valence-corrected chi connectivity index (χ4v) is 5.40. The molecule has 1 fully saturated rings. The highest BCUT2D eigenvalue weighted by Gasteiger charge is 2.35. The van der Waals surface area contributed by atoms with Gasteiger partial charge in [0.1, 0.15) is 12.1 Å². The third-order valence-corrected chi connectivity index (χ3v) is 6.56. The van der Waals surface area contributed by atoms with Gasteiger partial charge in [-0.2, -0.15) is 0 Å². The van der Waals surface area contributed by atoms with Crippen LogP contribution < -0.4 is 11.3 Å². The summed E-state index contributed by atoms with van der Waals surface area (Å²) in [5.41, 5.74) is 8.48. The molecule has 7 nitrogen and oxygen atoms in total. The Bertz CT molecular complexity index is 1090. The van der Waals surface area contributed by atoms with Gasteiger partial charge in [-0.15, -0.1) is 11.3 Å². The number of pyridine rings is 1. The van der Waals surface area contributed by atoms with Gasteiger partial charge in [-0.1, -0.05) is 0 Å². The van der Waals surface area contributed by atoms with Crippen molar-refractivity contribution in [1.29, 1.82) is 0 Å². The Hall–Kier alpha value is -2.58. The molecule has 28 heavy (non-hydrogen) atoms. The van der Waals surface area contributed by atoms with Gasteiger partial charge in [0, 0.05) is 66.6 Å². The molecule has 0 unspecified atom stereocenters. The van der Waals surface area contributed by atoms with E-state index in [9.17, 15) is 4.79 Å². The quantitative estimate of drug-likeness (QED) is 0.733. The number of hydrogen-bond donors (Lipinski definition) is 1. The van der Waals surface area contributed by atoms with Crippen molar-refractivity contribution in [3.05, 3.63) is 56.7 Å². The van der Waals surface area contributed by atoms with Crippen LogP contribution >= 0.6 is 11.3 Å². The molecule has 3 aromatic heterocycles. The largest absolute Gasteiger partial charge is 0.384 e. The SMILES string of the molecule is Cc1ncc(CN2C[C@@H]3C[C@H](C2)c2cc(-c4cc(N)ncn4)cc(=O)n2C3)s1. The summed E-state index contributed by atoms with van der Waals surface area (Å²) < 4.78 is 1.96. The van der Waals surface area contributed by atoms with Crippen LogP contribution in [0.4, 0.5) is 5.82 Å². The number of rotatable bonds is 3. The molecule has 0 aromatic carbocycles. The van der Waals surface area contributed by atoms with Crippen LogP contribution in [-0.2, 0) is 13.1 Å². The van der Waals surface area contributed by atoms with E-state index in [1.165, 1.54) is 11.2 Å². The summed E-state index contributed by atoms with van der Waals surface area (Å²) in [6.45, 7) is 5.76. The third kappa shape index (κ3) is 3.22. The first-order chi connectivity index (χ1) is 13.5. The van der Waals surface area contributed by atoms with Gasteiger partial charge in [0.05, 0.1) is 10.7 Å². The summed E-state index contributed by atoms with van der Waals surface area (Å²) in [6.07, 6.45) is 4.56. The minimum atomic E-state index is 0.0471. The Labute approximate surface area is 166 Å². The van der Waals surface area contributed by atoms with Crippen LogP contribution in [-0.4, -0.2) is 37.5 Å². The number of aryl methyl sites for hydroxylation is 1. The number of nitrogens with two attached hydrogens (primary N) is 1. The number of nitrogens with zero attached hydrogens (tertiary/aromatic N) is 5. The van der Waals surface area contributed by atoms with Crippen molar-refractivity contribution in [3.8, 4) is 11.3 Å². The van der Waals surface area contributed by atoms with Crippen LogP contribution in [0.15, 0.2) is 35.5 Å². The highest BCUT2D eigenvalue weighted by atomic mass is 32.1. The maximum atomic E-state index is 12.8. The Morgan fingerprint density at radius 1 is 1.18 bits per heavy atom. The van der Waals surface area contributed by atoms with Gasteiger partial charge >= 0.3 is 0 Å². The zero-order chi connectivity index (χ0) is 19.3. The third-order valence-electron chi connectivity index (χ3n) is 5.66. The molecular weight excluding hydrogens is 372 g/mol. The van der Waals surface area contributed by atoms with Crippen LogP contribution in [0.3, 0.4) is 0 Å². The standard InChI is InChI=1S/C20H22N6OS/c1-12-22-6-16(28-12)10-25-7-13-2-15(9-25)18-3-14(4-20(27)26(18)8-13)17-5-19(21)24-11-23-17/h3-6,11,13,15H,2,7-10H2,1H3,(H2,21,23,24)/t13-,15+/m0/s1. The monoisotopic (exact) mass is 394 g/mol. The topological polar surface area (TPSA) is 89.9 Å². The Kier molecular flexibility index (Phi) is 4.25. The van der Waals surface area contributed by atoms with Gasteiger partial charge in [0.2, 0.25) is 0 Å². The van der Waals surface area contributed by atoms with Gasteiger partial charge < -0.3 is 10.3 Å². The molecule has 144 valence electrons. The van der Waals surface area contributed by atoms with E-state index in [1.54, 1.807) is 23.5 Å². The van der Waals surface area contributed by atoms with Crippen molar-refractivity contribution in [3.63, 3.8) is 0 Å². The van der Waals surface area contributed by atoms with Gasteiger partial charge in [-0.3, -0.25) is 9.69 Å². The molecule has 5 heterocycles. The van der Waals surface area contributed by atoms with E-state index >= 15 is 0 Å². The van der Waals surface area contributed by atoms with Gasteiger partial charge in [0.15, 0.2) is 0 Å². The highest BCUT2D eigenvalue weighted by Crippen LogP contribution is 2.37. The maximum absolute atomic E-state index is 12.8. The van der Waals surface area contributed by atoms with Gasteiger partial charge in [-0.25, -0.2) is 15.0 Å². The lowest BCUT2D eigenvalue weighted by atomic mass is 9.82. The Morgan fingerprint density at radius 2 is 2.07 bits per heavy atom. The molecule has 2 N–H and O–H groups in total. The van der Waals surface area contributed by atoms with Crippen molar-refractivity contribution in [2.45, 2.75) is 32.4 Å². The molecule has 2 atom stereocenters. The van der Waals surface area contributed by atoms with Crippen LogP contribution in [0.1, 0.15) is 27.9 Å². The summed E-state index contributed by atoms with van der Waals surface area (Å²) in [6, 6.07) is 5.51. The lowest BCUT2D eigenvalue weighted by Crippen LogP contribution is -2.46. The highest BCUT2D eigenvalue weighted by molar-refractivity contribution is 7.11. The number of fused-ring (bicyclic) bond motifs is 4. The molecule has 2 aliphatic heterocycles. The molecule has 2 bridgehead atoms. The molecule has 0 amide bonds.